The van der Waals surface area contributed by atoms with E-state index in [1.807, 2.05) is 0 Å². The minimum atomic E-state index is -0.664. The van der Waals surface area contributed by atoms with Crippen LogP contribution >= 0.6 is 0 Å². The minimum absolute atomic E-state index is 0. The van der Waals surface area contributed by atoms with E-state index >= 15 is 0 Å². The molecular weight excluding hydrogens is 112 g/mol. The summed E-state index contributed by atoms with van der Waals surface area (Å²) in [5, 5.41) is 25.3. The lowest BCUT2D eigenvalue weighted by Crippen LogP contribution is -1.55. The summed E-state index contributed by atoms with van der Waals surface area (Å²) in [6, 6.07) is 0. The predicted octanol–water partition coefficient (Wildman–Crippen LogP) is 0.509. The molecule has 1 rings (SSSR count). The zero-order valence-electron chi connectivity index (χ0n) is 4.83. The van der Waals surface area contributed by atoms with Crippen LogP contribution in [0.15, 0.2) is 10.7 Å². The molecule has 0 unspecified atom stereocenters. The van der Waals surface area contributed by atoms with Crippen molar-refractivity contribution in [3.63, 3.8) is 0 Å². The Kier molecular flexibility index (Phi) is 0.802. The van der Waals surface area contributed by atoms with Gasteiger partial charge in [-0.15, -0.1) is 0 Å². The Morgan fingerprint density at radius 2 is 2.00 bits per heavy atom. The molecular formula is C4H5O4+. The molecule has 0 saturated carbocycles. The molecule has 0 radical (unpaired) electrons. The minimum Gasteiger partial charge on any atom is -0.502 e. The first-order valence-corrected chi connectivity index (χ1v) is 1.90. The van der Waals surface area contributed by atoms with E-state index in [0.29, 0.717) is 0 Å². The summed E-state index contributed by atoms with van der Waals surface area (Å²) in [7, 11) is 0. The van der Waals surface area contributed by atoms with Gasteiger partial charge < -0.3 is 19.7 Å². The molecule has 44 valence electrons. The van der Waals surface area contributed by atoms with Crippen LogP contribution in [0.1, 0.15) is 1.43 Å². The topological polar surface area (TPSA) is 73.8 Å². The van der Waals surface area contributed by atoms with Gasteiger partial charge in [0, 0.05) is 0 Å². The van der Waals surface area contributed by atoms with Gasteiger partial charge in [-0.1, -0.05) is 0 Å². The Balaban J connectivity index is 0.000000640. The van der Waals surface area contributed by atoms with Crippen molar-refractivity contribution < 1.29 is 21.2 Å². The predicted molar refractivity (Wildman–Crippen MR) is 24.8 cm³/mol. The van der Waals surface area contributed by atoms with Crippen molar-refractivity contribution in [1.29, 1.82) is 0 Å². The van der Waals surface area contributed by atoms with Crippen molar-refractivity contribution >= 4 is 0 Å². The van der Waals surface area contributed by atoms with E-state index in [0.717, 1.165) is 6.26 Å². The normalized spacial score (nSPS) is 9.50. The van der Waals surface area contributed by atoms with Gasteiger partial charge in [0.1, 0.15) is 6.26 Å². The molecule has 8 heavy (non-hydrogen) atoms. The van der Waals surface area contributed by atoms with Crippen molar-refractivity contribution in [3.8, 4) is 17.4 Å². The molecule has 1 heterocycles. The van der Waals surface area contributed by atoms with Crippen LogP contribution in [0, 0.1) is 0 Å². The highest BCUT2D eigenvalue weighted by molar-refractivity contribution is 5.41. The van der Waals surface area contributed by atoms with Crippen LogP contribution in [0.25, 0.3) is 0 Å². The van der Waals surface area contributed by atoms with E-state index in [2.05, 4.69) is 4.42 Å². The second kappa shape index (κ2) is 1.33. The second-order valence-corrected chi connectivity index (χ2v) is 1.27. The van der Waals surface area contributed by atoms with Crippen molar-refractivity contribution in [1.82, 2.24) is 0 Å². The highest BCUT2D eigenvalue weighted by Crippen LogP contribution is 2.35. The molecule has 1 aromatic rings. The lowest BCUT2D eigenvalue weighted by molar-refractivity contribution is 0.306. The standard InChI is InChI=1S/C4H4O4/c5-2-1-8-4(7)3(2)6/h1,5-7H/p+1. The zero-order valence-corrected chi connectivity index (χ0v) is 3.83. The third kappa shape index (κ3) is 0.465. The molecule has 0 spiro atoms. The van der Waals surface area contributed by atoms with Gasteiger partial charge in [-0.25, -0.2) is 0 Å². The third-order valence-corrected chi connectivity index (χ3v) is 0.727. The average Bonchev–Trinajstić information content (AvgIpc) is 1.98. The largest absolute Gasteiger partial charge is 1.00 e. The SMILES string of the molecule is Oc1coc(O)c1O.[H+]. The van der Waals surface area contributed by atoms with Crippen molar-refractivity contribution in [2.24, 2.45) is 0 Å². The maximum atomic E-state index is 8.45. The highest BCUT2D eigenvalue weighted by Gasteiger charge is 2.07. The first-order valence-electron chi connectivity index (χ1n) is 1.90. The molecule has 4 heteroatoms. The molecule has 0 fully saturated rings. The number of hydrogen-bond donors (Lipinski definition) is 3. The van der Waals surface area contributed by atoms with Gasteiger partial charge in [-0.05, 0) is 0 Å². The smallest absolute Gasteiger partial charge is 0.502 e. The molecule has 4 nitrogen and oxygen atoms in total. The van der Waals surface area contributed by atoms with Crippen LogP contribution in [0.2, 0.25) is 0 Å². The molecule has 0 aliphatic carbocycles. The summed E-state index contributed by atoms with van der Waals surface area (Å²) < 4.78 is 4.15. The highest BCUT2D eigenvalue weighted by atomic mass is 16.5. The van der Waals surface area contributed by atoms with E-state index in [-0.39, 0.29) is 1.43 Å². The van der Waals surface area contributed by atoms with Crippen molar-refractivity contribution in [3.05, 3.63) is 6.26 Å². The van der Waals surface area contributed by atoms with Crippen LogP contribution in [-0.4, -0.2) is 15.3 Å². The number of aromatic hydroxyl groups is 3. The second-order valence-electron chi connectivity index (χ2n) is 1.27. The summed E-state index contributed by atoms with van der Waals surface area (Å²) in [6.07, 6.45) is 0.838. The molecule has 0 saturated heterocycles. The third-order valence-electron chi connectivity index (χ3n) is 0.727. The fraction of sp³-hybridized carbons (Fsp3) is 0. The average molecular weight is 117 g/mol. The van der Waals surface area contributed by atoms with E-state index in [1.54, 1.807) is 0 Å². The molecule has 0 aromatic carbocycles. The number of rotatable bonds is 0. The van der Waals surface area contributed by atoms with Crippen LogP contribution in [0.5, 0.6) is 17.4 Å². The summed E-state index contributed by atoms with van der Waals surface area (Å²) in [4.78, 5) is 0. The Morgan fingerprint density at radius 1 is 1.38 bits per heavy atom. The lowest BCUT2D eigenvalue weighted by atomic mass is 10.5. The van der Waals surface area contributed by atoms with Gasteiger partial charge in [0.05, 0.1) is 0 Å². The number of furan rings is 1. The van der Waals surface area contributed by atoms with E-state index in [9.17, 15) is 0 Å². The van der Waals surface area contributed by atoms with E-state index in [1.165, 1.54) is 0 Å². The molecule has 0 atom stereocenters. The van der Waals surface area contributed by atoms with E-state index in [4.69, 9.17) is 15.3 Å². The molecule has 0 bridgehead atoms. The van der Waals surface area contributed by atoms with Crippen molar-refractivity contribution in [2.75, 3.05) is 0 Å². The number of hydrogen-bond acceptors (Lipinski definition) is 4. The first-order chi connectivity index (χ1) is 3.72. The van der Waals surface area contributed by atoms with Gasteiger partial charge in [0.2, 0.25) is 11.5 Å². The van der Waals surface area contributed by atoms with Crippen LogP contribution in [-0.2, 0) is 0 Å². The molecule has 0 aliphatic heterocycles. The van der Waals surface area contributed by atoms with Crippen molar-refractivity contribution in [2.45, 2.75) is 0 Å². The van der Waals surface area contributed by atoms with Gasteiger partial charge in [0.25, 0.3) is 0 Å². The zero-order chi connectivity index (χ0) is 6.15. The summed E-state index contributed by atoms with van der Waals surface area (Å²) in [5.41, 5.74) is 0. The van der Waals surface area contributed by atoms with E-state index < -0.39 is 17.4 Å². The monoisotopic (exact) mass is 117 g/mol. The fourth-order valence-electron chi connectivity index (χ4n) is 0.333. The summed E-state index contributed by atoms with van der Waals surface area (Å²) in [5.74, 6) is -1.74. The van der Waals surface area contributed by atoms with Crippen LogP contribution in [0.4, 0.5) is 0 Å². The maximum Gasteiger partial charge on any atom is 1.00 e. The quantitative estimate of drug-likeness (QED) is 0.462. The van der Waals surface area contributed by atoms with Crippen LogP contribution in [0.3, 0.4) is 0 Å². The lowest BCUT2D eigenvalue weighted by Gasteiger charge is -1.81. The molecule has 0 amide bonds. The molecule has 3 N–H and O–H groups in total. The molecule has 1 aromatic heterocycles. The van der Waals surface area contributed by atoms with Crippen LogP contribution < -0.4 is 0 Å². The Morgan fingerprint density at radius 3 is 2.12 bits per heavy atom. The molecule has 0 aliphatic rings. The Hall–Kier alpha value is -1.32. The summed E-state index contributed by atoms with van der Waals surface area (Å²) >= 11 is 0. The first kappa shape index (κ1) is 4.83. The Labute approximate surface area is 46.1 Å². The Bertz CT molecular complexity index is 175. The van der Waals surface area contributed by atoms with Gasteiger partial charge in [0.15, 0.2) is 0 Å². The van der Waals surface area contributed by atoms with Gasteiger partial charge >= 0.3 is 7.37 Å². The van der Waals surface area contributed by atoms with Gasteiger partial charge in [-0.2, -0.15) is 0 Å². The fourth-order valence-corrected chi connectivity index (χ4v) is 0.333. The van der Waals surface area contributed by atoms with Gasteiger partial charge in [-0.3, -0.25) is 0 Å². The summed E-state index contributed by atoms with van der Waals surface area (Å²) in [6.45, 7) is 0. The maximum absolute atomic E-state index is 8.45.